The number of hydrogen-bond acceptors (Lipinski definition) is 2. The molecule has 27 heavy (non-hydrogen) atoms. The van der Waals surface area contributed by atoms with E-state index in [1.165, 1.54) is 70.8 Å². The Bertz CT molecular complexity index is 550. The van der Waals surface area contributed by atoms with Crippen LogP contribution in [0.4, 0.5) is 0 Å². The lowest BCUT2D eigenvalue weighted by atomic mass is 9.73. The summed E-state index contributed by atoms with van der Waals surface area (Å²) in [5, 5.41) is 3.51. The molecule has 2 heterocycles. The molecule has 3 unspecified atom stereocenters. The van der Waals surface area contributed by atoms with Gasteiger partial charge in [-0.05, 0) is 80.4 Å². The first kappa shape index (κ1) is 20.9. The topological polar surface area (TPSA) is 21.3 Å². The van der Waals surface area contributed by atoms with E-state index in [0.29, 0.717) is 11.0 Å². The first-order valence-corrected chi connectivity index (χ1v) is 11.5. The number of rotatable bonds is 6. The average molecular weight is 372 g/mol. The molecule has 1 aliphatic carbocycles. The van der Waals surface area contributed by atoms with Crippen LogP contribution in [0.2, 0.25) is 0 Å². The van der Waals surface area contributed by atoms with Crippen molar-refractivity contribution < 1.29 is 4.74 Å². The summed E-state index contributed by atoms with van der Waals surface area (Å²) >= 11 is 0. The minimum atomic E-state index is 0.417. The minimum absolute atomic E-state index is 0.417. The third-order valence-electron chi connectivity index (χ3n) is 7.44. The number of hydrogen-bond donors (Lipinski definition) is 1. The Morgan fingerprint density at radius 3 is 2.63 bits per heavy atom. The maximum Gasteiger partial charge on any atom is 0.0649 e. The van der Waals surface area contributed by atoms with Gasteiger partial charge in [-0.25, -0.2) is 0 Å². The van der Waals surface area contributed by atoms with E-state index in [1.807, 2.05) is 0 Å². The molecule has 0 aromatic heterocycles. The Kier molecular flexibility index (Phi) is 7.39. The SMILES string of the molecule is C1CNC2(C1)CCOC2.CCCC1(CCC(C)CC)CCc2ccccc21. The maximum atomic E-state index is 5.32. The predicted octanol–water partition coefficient (Wildman–Crippen LogP) is 6.03. The average Bonchev–Trinajstić information content (AvgIpc) is 3.44. The normalized spacial score (nSPS) is 30.2. The fraction of sp³-hybridized carbons (Fsp3) is 0.760. The molecule has 1 N–H and O–H groups in total. The Morgan fingerprint density at radius 1 is 1.11 bits per heavy atom. The van der Waals surface area contributed by atoms with Crippen molar-refractivity contribution in [2.45, 2.75) is 95.9 Å². The Morgan fingerprint density at radius 2 is 1.96 bits per heavy atom. The Labute approximate surface area is 167 Å². The zero-order chi connectivity index (χ0) is 19.2. The first-order valence-electron chi connectivity index (χ1n) is 11.5. The molecule has 4 rings (SSSR count). The molecule has 2 saturated heterocycles. The highest BCUT2D eigenvalue weighted by atomic mass is 16.5. The van der Waals surface area contributed by atoms with Crippen molar-refractivity contribution >= 4 is 0 Å². The van der Waals surface area contributed by atoms with Gasteiger partial charge in [0.2, 0.25) is 0 Å². The van der Waals surface area contributed by atoms with Crippen LogP contribution >= 0.6 is 0 Å². The predicted molar refractivity (Wildman–Crippen MR) is 115 cm³/mol. The van der Waals surface area contributed by atoms with Crippen molar-refractivity contribution in [2.75, 3.05) is 19.8 Å². The monoisotopic (exact) mass is 371 g/mol. The number of aryl methyl sites for hydroxylation is 1. The van der Waals surface area contributed by atoms with E-state index in [0.717, 1.165) is 19.1 Å². The van der Waals surface area contributed by atoms with E-state index in [4.69, 9.17) is 4.74 Å². The highest BCUT2D eigenvalue weighted by molar-refractivity contribution is 5.39. The molecule has 0 radical (unpaired) electrons. The summed E-state index contributed by atoms with van der Waals surface area (Å²) in [7, 11) is 0. The summed E-state index contributed by atoms with van der Waals surface area (Å²) < 4.78 is 5.32. The standard InChI is InChI=1S/C18H28.C7H13NO/c1-4-12-18(13-10-15(3)5-2)14-11-16-8-6-7-9-17(16)18;1-2-7(8-4-1)3-5-9-6-7/h6-9,15H,4-5,10-14H2,1-3H3;8H,1-6H2. The molecule has 0 bridgehead atoms. The Hall–Kier alpha value is -0.860. The molecule has 152 valence electrons. The largest absolute Gasteiger partial charge is 0.379 e. The summed E-state index contributed by atoms with van der Waals surface area (Å²) in [4.78, 5) is 0. The summed E-state index contributed by atoms with van der Waals surface area (Å²) in [6, 6.07) is 9.18. The van der Waals surface area contributed by atoms with E-state index in [-0.39, 0.29) is 0 Å². The molecular weight excluding hydrogens is 330 g/mol. The van der Waals surface area contributed by atoms with Crippen LogP contribution in [0.25, 0.3) is 0 Å². The van der Waals surface area contributed by atoms with Gasteiger partial charge in [-0.2, -0.15) is 0 Å². The molecule has 1 aromatic rings. The van der Waals surface area contributed by atoms with Crippen LogP contribution in [0.15, 0.2) is 24.3 Å². The van der Waals surface area contributed by atoms with Crippen LogP contribution in [-0.2, 0) is 16.6 Å². The smallest absolute Gasteiger partial charge is 0.0649 e. The van der Waals surface area contributed by atoms with Gasteiger partial charge in [0.25, 0.3) is 0 Å². The molecule has 3 atom stereocenters. The molecule has 2 heteroatoms. The molecule has 0 amide bonds. The van der Waals surface area contributed by atoms with E-state index in [1.54, 1.807) is 11.1 Å². The van der Waals surface area contributed by atoms with Crippen LogP contribution in [0.1, 0.15) is 89.7 Å². The lowest BCUT2D eigenvalue weighted by molar-refractivity contribution is 0.173. The van der Waals surface area contributed by atoms with Gasteiger partial charge in [-0.3, -0.25) is 0 Å². The van der Waals surface area contributed by atoms with Crippen molar-refractivity contribution in [1.29, 1.82) is 0 Å². The highest BCUT2D eigenvalue weighted by Crippen LogP contribution is 2.46. The van der Waals surface area contributed by atoms with Crippen molar-refractivity contribution in [2.24, 2.45) is 5.92 Å². The van der Waals surface area contributed by atoms with Gasteiger partial charge in [0, 0.05) is 12.1 Å². The van der Waals surface area contributed by atoms with Crippen LogP contribution in [0.3, 0.4) is 0 Å². The van der Waals surface area contributed by atoms with E-state index in [9.17, 15) is 0 Å². The zero-order valence-corrected chi connectivity index (χ0v) is 18.0. The van der Waals surface area contributed by atoms with Gasteiger partial charge < -0.3 is 10.1 Å². The first-order chi connectivity index (χ1) is 13.1. The fourth-order valence-corrected chi connectivity index (χ4v) is 5.43. The maximum absolute atomic E-state index is 5.32. The Balaban J connectivity index is 0.000000193. The molecule has 0 saturated carbocycles. The number of benzene rings is 1. The molecule has 2 aliphatic heterocycles. The van der Waals surface area contributed by atoms with E-state index < -0.39 is 0 Å². The van der Waals surface area contributed by atoms with Crippen LogP contribution < -0.4 is 5.32 Å². The van der Waals surface area contributed by atoms with Crippen LogP contribution in [0.5, 0.6) is 0 Å². The number of fused-ring (bicyclic) bond motifs is 1. The van der Waals surface area contributed by atoms with Crippen LogP contribution in [0, 0.1) is 5.92 Å². The molecule has 2 fully saturated rings. The van der Waals surface area contributed by atoms with Crippen molar-refractivity contribution in [3.05, 3.63) is 35.4 Å². The van der Waals surface area contributed by atoms with Gasteiger partial charge in [0.1, 0.15) is 0 Å². The van der Waals surface area contributed by atoms with Crippen molar-refractivity contribution in [3.8, 4) is 0 Å². The second-order valence-corrected chi connectivity index (χ2v) is 9.35. The summed E-state index contributed by atoms with van der Waals surface area (Å²) in [5.41, 5.74) is 4.22. The summed E-state index contributed by atoms with van der Waals surface area (Å²) in [6.07, 6.45) is 13.4. The number of nitrogens with one attached hydrogen (secondary N) is 1. The van der Waals surface area contributed by atoms with Crippen LogP contribution in [-0.4, -0.2) is 25.3 Å². The van der Waals surface area contributed by atoms with Gasteiger partial charge >= 0.3 is 0 Å². The number of ether oxygens (including phenoxy) is 1. The molecular formula is C25H41NO. The lowest BCUT2D eigenvalue weighted by Crippen LogP contribution is -2.39. The molecule has 1 spiro atoms. The lowest BCUT2D eigenvalue weighted by Gasteiger charge is -2.31. The fourth-order valence-electron chi connectivity index (χ4n) is 5.43. The van der Waals surface area contributed by atoms with Gasteiger partial charge in [0.05, 0.1) is 6.61 Å². The molecule has 3 aliphatic rings. The van der Waals surface area contributed by atoms with Gasteiger partial charge in [0.15, 0.2) is 0 Å². The third kappa shape index (κ3) is 4.95. The van der Waals surface area contributed by atoms with Gasteiger partial charge in [-0.1, -0.05) is 57.9 Å². The highest BCUT2D eigenvalue weighted by Gasteiger charge is 2.37. The second kappa shape index (κ2) is 9.56. The zero-order valence-electron chi connectivity index (χ0n) is 18.0. The van der Waals surface area contributed by atoms with Crippen molar-refractivity contribution in [1.82, 2.24) is 5.32 Å². The molecule has 2 nitrogen and oxygen atoms in total. The van der Waals surface area contributed by atoms with Gasteiger partial charge in [-0.15, -0.1) is 0 Å². The minimum Gasteiger partial charge on any atom is -0.379 e. The third-order valence-corrected chi connectivity index (χ3v) is 7.44. The second-order valence-electron chi connectivity index (χ2n) is 9.35. The quantitative estimate of drug-likeness (QED) is 0.659. The summed E-state index contributed by atoms with van der Waals surface area (Å²) in [5.74, 6) is 0.881. The molecule has 1 aromatic carbocycles. The summed E-state index contributed by atoms with van der Waals surface area (Å²) in [6.45, 7) is 10.2. The van der Waals surface area contributed by atoms with E-state index >= 15 is 0 Å². The van der Waals surface area contributed by atoms with Crippen molar-refractivity contribution in [3.63, 3.8) is 0 Å². The van der Waals surface area contributed by atoms with E-state index in [2.05, 4.69) is 50.4 Å².